The molecule has 0 fully saturated rings. The zero-order chi connectivity index (χ0) is 29.5. The molecule has 2 aromatic rings. The first kappa shape index (κ1) is 34.4. The molecule has 0 spiro atoms. The fraction of sp³-hybridized carbons (Fsp3) is 0.364. The summed E-state index contributed by atoms with van der Waals surface area (Å²) < 4.78 is 126. The number of rotatable bonds is 3. The van der Waals surface area contributed by atoms with Gasteiger partial charge in [0, 0.05) is 0 Å². The molecule has 0 aliphatic heterocycles. The Morgan fingerprint density at radius 1 is 0.541 bits per heavy atom. The molecule has 0 atom stereocenters. The Labute approximate surface area is 219 Å². The Morgan fingerprint density at radius 3 is 1.03 bits per heavy atom. The van der Waals surface area contributed by atoms with Crippen LogP contribution in [-0.2, 0) is 20.9 Å². The first-order chi connectivity index (χ1) is 16.7. The van der Waals surface area contributed by atoms with E-state index in [4.69, 9.17) is 5.73 Å². The van der Waals surface area contributed by atoms with E-state index >= 15 is 0 Å². The average Bonchev–Trinajstić information content (AvgIpc) is 2.80. The molecule has 0 heterocycles. The summed E-state index contributed by atoms with van der Waals surface area (Å²) in [7, 11) is 0. The smallest absolute Gasteiger partial charge is 0.200 e. The predicted octanol–water partition coefficient (Wildman–Crippen LogP) is 9.61. The Kier molecular flexibility index (Phi) is 12.9. The number of nitrogens with one attached hydrogen (secondary N) is 1. The number of benzene rings is 2. The van der Waals surface area contributed by atoms with Crippen LogP contribution in [0.5, 0.6) is 0 Å². The van der Waals surface area contributed by atoms with Gasteiger partial charge in [0.15, 0.2) is 17.5 Å². The molecule has 37 heavy (non-hydrogen) atoms. The van der Waals surface area contributed by atoms with Crippen molar-refractivity contribution in [1.82, 2.24) is 0 Å². The van der Waals surface area contributed by atoms with E-state index in [1.54, 1.807) is 12.4 Å². The van der Waals surface area contributed by atoms with Gasteiger partial charge in [-0.2, -0.15) is 0 Å². The van der Waals surface area contributed by atoms with Crippen LogP contribution in [0.1, 0.15) is 41.5 Å². The number of halogens is 10. The second-order valence-electron chi connectivity index (χ2n) is 8.86. The van der Waals surface area contributed by atoms with Gasteiger partial charge in [-0.05, 0) is 0 Å². The van der Waals surface area contributed by atoms with E-state index in [9.17, 15) is 43.9 Å². The molecule has 0 aliphatic carbocycles. The summed E-state index contributed by atoms with van der Waals surface area (Å²) in [5, 5.41) is 8.57. The molecule has 4 nitrogen and oxygen atoms in total. The minimum atomic E-state index is -2.25. The molecular formula is C22H21F10N4Ta-3. The van der Waals surface area contributed by atoms with Crippen LogP contribution in [0.3, 0.4) is 0 Å². The molecule has 0 unspecified atom stereocenters. The number of hydrogen-bond donors (Lipinski definition) is 0. The Balaban J connectivity index is 0.000000526. The van der Waals surface area contributed by atoms with Crippen molar-refractivity contribution in [3.05, 3.63) is 86.9 Å². The predicted molar refractivity (Wildman–Crippen MR) is 114 cm³/mol. The monoisotopic (exact) mass is 712 g/mol. The molecule has 0 amide bonds. The first-order valence-corrected chi connectivity index (χ1v) is 11.3. The van der Waals surface area contributed by atoms with Crippen LogP contribution in [0.4, 0.5) is 55.3 Å². The largest absolute Gasteiger partial charge is 0.694 e. The molecule has 2 aromatic carbocycles. The van der Waals surface area contributed by atoms with Crippen molar-refractivity contribution in [1.29, 1.82) is 0 Å². The van der Waals surface area contributed by atoms with E-state index in [0.29, 0.717) is 0 Å². The molecule has 0 radical (unpaired) electrons. The van der Waals surface area contributed by atoms with Gasteiger partial charge in [-0.3, -0.25) is 0 Å². The van der Waals surface area contributed by atoms with Crippen molar-refractivity contribution in [2.75, 3.05) is 0 Å². The standard InChI is InChI=1S/C10H20N2.C6HF5N.C6F5N.Ta/c1-9(2,3)11-7-8-12-10(4,5)6;2*7-1-2(8)4(10)6(12)5(11)3(1)9;/h7-8H,1-6H3;12H;;/q-2;-1;;. The van der Waals surface area contributed by atoms with E-state index in [1.807, 2.05) is 0 Å². The van der Waals surface area contributed by atoms with Crippen LogP contribution in [0.15, 0.2) is 15.7 Å². The minimum absolute atomic E-state index is 0.00387. The van der Waals surface area contributed by atoms with Gasteiger partial charge >= 0.3 is 81.0 Å². The maximum atomic E-state index is 12.6. The molecule has 0 aliphatic rings. The molecule has 0 saturated heterocycles. The van der Waals surface area contributed by atoms with Crippen LogP contribution in [0, 0.1) is 58.2 Å². The third-order valence-corrected chi connectivity index (χ3v) is 4.21. The molecule has 2 rings (SSSR count). The third kappa shape index (κ3) is 10.4. The van der Waals surface area contributed by atoms with Crippen LogP contribution in [-0.4, -0.2) is 11.1 Å². The van der Waals surface area contributed by atoms with E-state index in [2.05, 4.69) is 55.5 Å². The summed E-state index contributed by atoms with van der Waals surface area (Å²) in [4.78, 5) is 0. The topological polar surface area (TPSA) is 64.4 Å². The minimum Gasteiger partial charge on any atom is -0.694 e. The molecule has 0 aromatic heterocycles. The van der Waals surface area contributed by atoms with Gasteiger partial charge < -0.3 is 16.4 Å². The van der Waals surface area contributed by atoms with Gasteiger partial charge in [0.25, 0.3) is 0 Å². The van der Waals surface area contributed by atoms with Crippen molar-refractivity contribution in [2.45, 2.75) is 52.6 Å². The van der Waals surface area contributed by atoms with Crippen molar-refractivity contribution < 1.29 is 64.8 Å². The van der Waals surface area contributed by atoms with E-state index in [0.717, 1.165) is 0 Å². The zero-order valence-electron chi connectivity index (χ0n) is 20.2. The van der Waals surface area contributed by atoms with Crippen LogP contribution in [0.2, 0.25) is 0 Å². The van der Waals surface area contributed by atoms with Gasteiger partial charge in [-0.25, -0.2) is 34.4 Å². The summed E-state index contributed by atoms with van der Waals surface area (Å²) in [6, 6.07) is 0. The summed E-state index contributed by atoms with van der Waals surface area (Å²) in [5.41, 5.74) is 3.71. The molecule has 1 N–H and O–H groups in total. The second-order valence-corrected chi connectivity index (χ2v) is 9.58. The normalized spacial score (nSPS) is 11.3. The maximum absolute atomic E-state index is 12.6. The van der Waals surface area contributed by atoms with Crippen molar-refractivity contribution in [3.63, 3.8) is 0 Å². The number of hydrogen-bond acceptors (Lipinski definition) is 1. The van der Waals surface area contributed by atoms with Crippen LogP contribution < -0.4 is 0 Å². The van der Waals surface area contributed by atoms with Gasteiger partial charge in [-0.1, -0.05) is 47.2 Å². The van der Waals surface area contributed by atoms with E-state index in [1.165, 1.54) is 0 Å². The van der Waals surface area contributed by atoms with E-state index in [-0.39, 0.29) is 32.0 Å². The molecular weight excluding hydrogens is 691 g/mol. The summed E-state index contributed by atoms with van der Waals surface area (Å²) in [6.07, 6.45) is 3.54. The van der Waals surface area contributed by atoms with Crippen molar-refractivity contribution >= 4 is 11.4 Å². The first-order valence-electron chi connectivity index (χ1n) is 9.86. The maximum Gasteiger partial charge on any atom is 0.200 e. The van der Waals surface area contributed by atoms with Crippen molar-refractivity contribution in [2.24, 2.45) is 3.34 Å². The molecule has 15 heteroatoms. The fourth-order valence-electron chi connectivity index (χ4n) is 1.80. The fourth-order valence-corrected chi connectivity index (χ4v) is 2.43. The van der Waals surface area contributed by atoms with Gasteiger partial charge in [0.05, 0.1) is 0 Å². The summed E-state index contributed by atoms with van der Waals surface area (Å²) in [5.74, 6) is -20.6. The summed E-state index contributed by atoms with van der Waals surface area (Å²) in [6.45, 7) is 12.4. The molecule has 207 valence electrons. The Hall–Kier alpha value is -2.58. The van der Waals surface area contributed by atoms with Gasteiger partial charge in [0.1, 0.15) is 11.6 Å². The SMILES string of the molecule is CC(C)(C)[N-]C=C[N-]C(C)(C)C.Fc1c(F)c(F)c([N]=[Ta])c(F)c1F.[NH-]c1c(F)c(F)c(F)c(F)c1F. The van der Waals surface area contributed by atoms with E-state index < -0.39 is 69.5 Å². The van der Waals surface area contributed by atoms with Crippen LogP contribution in [0.25, 0.3) is 16.4 Å². The van der Waals surface area contributed by atoms with Gasteiger partial charge in [0.2, 0.25) is 0 Å². The van der Waals surface area contributed by atoms with Crippen LogP contribution >= 0.6 is 0 Å². The Bertz CT molecular complexity index is 990. The molecule has 0 saturated carbocycles. The third-order valence-electron chi connectivity index (χ3n) is 3.49. The van der Waals surface area contributed by atoms with Gasteiger partial charge in [-0.15, -0.1) is 11.1 Å². The zero-order valence-corrected chi connectivity index (χ0v) is 23.4. The molecule has 0 bridgehead atoms. The van der Waals surface area contributed by atoms with Crippen molar-refractivity contribution in [3.8, 4) is 0 Å². The second kappa shape index (κ2) is 13.8. The summed E-state index contributed by atoms with van der Waals surface area (Å²) >= 11 is 0.151. The Morgan fingerprint density at radius 2 is 0.784 bits per heavy atom. The quantitative estimate of drug-likeness (QED) is 0.173. The average molecular weight is 712 g/mol. The number of nitrogens with zero attached hydrogens (tertiary/aromatic N) is 3.